The zero-order chi connectivity index (χ0) is 15.8. The number of thiazole rings is 2. The van der Waals surface area contributed by atoms with E-state index in [1.807, 2.05) is 19.1 Å². The predicted octanol–water partition coefficient (Wildman–Crippen LogP) is 4.46. The Morgan fingerprint density at radius 3 is 2.74 bits per heavy atom. The lowest BCUT2D eigenvalue weighted by molar-refractivity contribution is -0.111. The average molecular weight is 341 g/mol. The Bertz CT molecular complexity index is 1030. The lowest BCUT2D eigenvalue weighted by Crippen LogP contribution is -2.07. The zero-order valence-corrected chi connectivity index (χ0v) is 13.7. The average Bonchev–Trinajstić information content (AvgIpc) is 3.22. The zero-order valence-electron chi connectivity index (χ0n) is 12.1. The Kier molecular flexibility index (Phi) is 3.44. The van der Waals surface area contributed by atoms with Crippen LogP contribution in [0.1, 0.15) is 10.8 Å². The fourth-order valence-electron chi connectivity index (χ4n) is 2.23. The van der Waals surface area contributed by atoms with Crippen LogP contribution in [0.25, 0.3) is 26.5 Å². The Balaban J connectivity index is 1.61. The first kappa shape index (κ1) is 14.1. The van der Waals surface area contributed by atoms with Crippen molar-refractivity contribution in [1.29, 1.82) is 0 Å². The molecule has 1 amide bonds. The van der Waals surface area contributed by atoms with Crippen LogP contribution in [0.2, 0.25) is 0 Å². The van der Waals surface area contributed by atoms with Crippen LogP contribution in [-0.2, 0) is 4.79 Å². The molecule has 1 N–H and O–H groups in total. The molecule has 0 saturated heterocycles. The molecule has 1 aromatic carbocycles. The molecule has 3 heterocycles. The molecule has 0 saturated carbocycles. The third kappa shape index (κ3) is 2.76. The Morgan fingerprint density at radius 1 is 1.17 bits per heavy atom. The highest BCUT2D eigenvalue weighted by Gasteiger charge is 2.11. The quantitative estimate of drug-likeness (QED) is 0.559. The van der Waals surface area contributed by atoms with Gasteiger partial charge in [-0.25, -0.2) is 9.97 Å². The van der Waals surface area contributed by atoms with Crippen molar-refractivity contribution in [2.75, 3.05) is 5.32 Å². The van der Waals surface area contributed by atoms with Gasteiger partial charge in [0.2, 0.25) is 5.91 Å². The molecule has 4 aromatic rings. The minimum absolute atomic E-state index is 0.239. The van der Waals surface area contributed by atoms with Gasteiger partial charge in [0.05, 0.1) is 31.7 Å². The van der Waals surface area contributed by atoms with E-state index in [0.29, 0.717) is 10.9 Å². The van der Waals surface area contributed by atoms with Crippen molar-refractivity contribution in [2.45, 2.75) is 6.92 Å². The number of carbonyl (C=O) groups is 1. The van der Waals surface area contributed by atoms with Gasteiger partial charge in [0, 0.05) is 6.08 Å². The first-order valence-corrected chi connectivity index (χ1v) is 8.51. The molecule has 23 heavy (non-hydrogen) atoms. The van der Waals surface area contributed by atoms with Gasteiger partial charge in [-0.05, 0) is 37.3 Å². The number of aromatic nitrogens is 2. The summed E-state index contributed by atoms with van der Waals surface area (Å²) in [5.74, 6) is 0.392. The van der Waals surface area contributed by atoms with E-state index in [2.05, 4.69) is 15.3 Å². The number of hydrogen-bond acceptors (Lipinski definition) is 6. The van der Waals surface area contributed by atoms with Crippen LogP contribution in [0.15, 0.2) is 41.0 Å². The fourth-order valence-corrected chi connectivity index (χ4v) is 4.24. The van der Waals surface area contributed by atoms with Crippen LogP contribution < -0.4 is 5.32 Å². The number of nitrogens with zero attached hydrogens (tertiary/aromatic N) is 2. The molecule has 0 aliphatic heterocycles. The molecule has 0 fully saturated rings. The van der Waals surface area contributed by atoms with Crippen molar-refractivity contribution in [2.24, 2.45) is 0 Å². The number of nitrogens with one attached hydrogen (secondary N) is 1. The standard InChI is InChI=1S/C16H11N3O2S2/c1-9-17-11-5-6-12-15(14(11)22-9)23-16(18-12)19-13(20)7-4-10-3-2-8-21-10/h2-8H,1H3,(H,18,19,20)/b7-4+. The fraction of sp³-hybridized carbons (Fsp3) is 0.0625. The summed E-state index contributed by atoms with van der Waals surface area (Å²) in [4.78, 5) is 20.9. The highest BCUT2D eigenvalue weighted by Crippen LogP contribution is 2.35. The van der Waals surface area contributed by atoms with Crippen LogP contribution in [0.3, 0.4) is 0 Å². The van der Waals surface area contributed by atoms with Gasteiger partial charge in [0.1, 0.15) is 5.76 Å². The highest BCUT2D eigenvalue weighted by molar-refractivity contribution is 7.28. The van der Waals surface area contributed by atoms with Gasteiger partial charge in [-0.2, -0.15) is 0 Å². The number of benzene rings is 1. The second kappa shape index (κ2) is 5.60. The molecular formula is C16H11N3O2S2. The van der Waals surface area contributed by atoms with E-state index in [4.69, 9.17) is 4.42 Å². The van der Waals surface area contributed by atoms with Crippen LogP contribution in [0.4, 0.5) is 5.13 Å². The predicted molar refractivity (Wildman–Crippen MR) is 93.9 cm³/mol. The summed E-state index contributed by atoms with van der Waals surface area (Å²) >= 11 is 3.10. The van der Waals surface area contributed by atoms with E-state index in [0.717, 1.165) is 25.4 Å². The molecule has 0 atom stereocenters. The topological polar surface area (TPSA) is 68.0 Å². The van der Waals surface area contributed by atoms with Crippen molar-refractivity contribution in [3.63, 3.8) is 0 Å². The maximum Gasteiger partial charge on any atom is 0.250 e. The maximum atomic E-state index is 12.0. The number of carbonyl (C=O) groups excluding carboxylic acids is 1. The van der Waals surface area contributed by atoms with E-state index in [9.17, 15) is 4.79 Å². The molecule has 114 valence electrons. The first-order chi connectivity index (χ1) is 11.2. The number of rotatable bonds is 3. The van der Waals surface area contributed by atoms with E-state index < -0.39 is 0 Å². The van der Waals surface area contributed by atoms with E-state index in [1.165, 1.54) is 17.4 Å². The van der Waals surface area contributed by atoms with E-state index in [1.54, 1.807) is 35.8 Å². The summed E-state index contributed by atoms with van der Waals surface area (Å²) in [5, 5.41) is 4.39. The number of aryl methyl sites for hydroxylation is 1. The van der Waals surface area contributed by atoms with Crippen molar-refractivity contribution in [3.8, 4) is 0 Å². The molecule has 3 aromatic heterocycles. The van der Waals surface area contributed by atoms with Gasteiger partial charge < -0.3 is 4.42 Å². The molecular weight excluding hydrogens is 330 g/mol. The molecule has 5 nitrogen and oxygen atoms in total. The Labute approximate surface area is 139 Å². The molecule has 0 aliphatic carbocycles. The third-order valence-electron chi connectivity index (χ3n) is 3.19. The smallest absolute Gasteiger partial charge is 0.250 e. The summed E-state index contributed by atoms with van der Waals surface area (Å²) in [7, 11) is 0. The minimum Gasteiger partial charge on any atom is -0.465 e. The number of fused-ring (bicyclic) bond motifs is 3. The van der Waals surface area contributed by atoms with E-state index >= 15 is 0 Å². The second-order valence-electron chi connectivity index (χ2n) is 4.85. The number of hydrogen-bond donors (Lipinski definition) is 1. The molecule has 0 unspecified atom stereocenters. The van der Waals surface area contributed by atoms with Crippen LogP contribution >= 0.6 is 22.7 Å². The summed E-state index contributed by atoms with van der Waals surface area (Å²) < 4.78 is 7.32. The SMILES string of the molecule is Cc1nc2ccc3nc(NC(=O)/C=C/c4ccco4)sc3c2s1. The van der Waals surface area contributed by atoms with Gasteiger partial charge >= 0.3 is 0 Å². The highest BCUT2D eigenvalue weighted by atomic mass is 32.1. The molecule has 4 rings (SSSR count). The third-order valence-corrected chi connectivity index (χ3v) is 5.33. The number of anilines is 1. The van der Waals surface area contributed by atoms with Crippen LogP contribution in [0.5, 0.6) is 0 Å². The second-order valence-corrected chi connectivity index (χ2v) is 7.05. The first-order valence-electron chi connectivity index (χ1n) is 6.88. The summed E-state index contributed by atoms with van der Waals surface area (Å²) in [6, 6.07) is 7.45. The molecule has 0 spiro atoms. The summed E-state index contributed by atoms with van der Waals surface area (Å²) in [5.41, 5.74) is 1.84. The lowest BCUT2D eigenvalue weighted by Gasteiger charge is -1.94. The molecule has 0 radical (unpaired) electrons. The van der Waals surface area contributed by atoms with E-state index in [-0.39, 0.29) is 5.91 Å². The minimum atomic E-state index is -0.239. The summed E-state index contributed by atoms with van der Waals surface area (Å²) in [6.45, 7) is 1.99. The van der Waals surface area contributed by atoms with Gasteiger partial charge in [-0.15, -0.1) is 11.3 Å². The molecule has 0 aliphatic rings. The summed E-state index contributed by atoms with van der Waals surface area (Å²) in [6.07, 6.45) is 4.61. The van der Waals surface area contributed by atoms with Crippen molar-refractivity contribution in [3.05, 3.63) is 47.4 Å². The van der Waals surface area contributed by atoms with Crippen molar-refractivity contribution >= 4 is 60.2 Å². The van der Waals surface area contributed by atoms with Gasteiger partial charge in [-0.1, -0.05) is 11.3 Å². The Morgan fingerprint density at radius 2 is 1.96 bits per heavy atom. The van der Waals surface area contributed by atoms with Crippen LogP contribution in [0, 0.1) is 6.92 Å². The normalized spacial score (nSPS) is 11.7. The monoisotopic (exact) mass is 341 g/mol. The van der Waals surface area contributed by atoms with Gasteiger partial charge in [0.25, 0.3) is 0 Å². The lowest BCUT2D eigenvalue weighted by atomic mass is 10.3. The van der Waals surface area contributed by atoms with Gasteiger partial charge in [0.15, 0.2) is 5.13 Å². The Hall–Kier alpha value is -2.51. The number of furan rings is 1. The largest absolute Gasteiger partial charge is 0.465 e. The van der Waals surface area contributed by atoms with Crippen LogP contribution in [-0.4, -0.2) is 15.9 Å². The van der Waals surface area contributed by atoms with Crippen molar-refractivity contribution in [1.82, 2.24) is 9.97 Å². The van der Waals surface area contributed by atoms with Gasteiger partial charge in [-0.3, -0.25) is 10.1 Å². The molecule has 7 heteroatoms. The molecule has 0 bridgehead atoms. The maximum absolute atomic E-state index is 12.0. The number of amides is 1. The van der Waals surface area contributed by atoms with Crippen molar-refractivity contribution < 1.29 is 9.21 Å².